The van der Waals surface area contributed by atoms with Crippen LogP contribution in [-0.2, 0) is 11.2 Å². The average Bonchev–Trinajstić information content (AvgIpc) is 3.38. The van der Waals surface area contributed by atoms with Crippen LogP contribution in [0.4, 0.5) is 5.69 Å². The second-order valence-electron chi connectivity index (χ2n) is 9.46. The maximum Gasteiger partial charge on any atom is 0.309 e. The molecule has 2 aromatic heterocycles. The van der Waals surface area contributed by atoms with Gasteiger partial charge in [0.15, 0.2) is 0 Å². The summed E-state index contributed by atoms with van der Waals surface area (Å²) in [5.41, 5.74) is 2.60. The molecule has 0 bridgehead atoms. The zero-order valence-corrected chi connectivity index (χ0v) is 22.5. The standard InChI is InChI=1S/C27H35N3O3S2/c1-29(2)24-19-28-23-9-8-20(33-3)18-22(23)21(24)6-4-10-27(26(31)32)11-13-30(14-12-27)15-17-35-25-7-5-16-34-25/h5,7-9,16,18-19H,4,6,10-15,17H2,1-3H3,(H,31,32). The third kappa shape index (κ3) is 6.11. The molecule has 1 aromatic carbocycles. The van der Waals surface area contributed by atoms with Gasteiger partial charge >= 0.3 is 5.97 Å². The molecule has 6 nitrogen and oxygen atoms in total. The number of carboxylic acid groups (broad SMARTS) is 1. The van der Waals surface area contributed by atoms with Crippen molar-refractivity contribution < 1.29 is 14.6 Å². The minimum atomic E-state index is -0.640. The lowest BCUT2D eigenvalue weighted by Crippen LogP contribution is -2.45. The van der Waals surface area contributed by atoms with Gasteiger partial charge in [-0.15, -0.1) is 23.1 Å². The lowest BCUT2D eigenvalue weighted by molar-refractivity contribution is -0.152. The summed E-state index contributed by atoms with van der Waals surface area (Å²) in [5.74, 6) is 1.22. The highest BCUT2D eigenvalue weighted by Gasteiger charge is 2.40. The number of pyridine rings is 1. The van der Waals surface area contributed by atoms with Gasteiger partial charge in [-0.25, -0.2) is 0 Å². The Balaban J connectivity index is 1.40. The predicted octanol–water partition coefficient (Wildman–Crippen LogP) is 5.65. The SMILES string of the molecule is COc1ccc2ncc(N(C)C)c(CCCC3(C(=O)O)CCN(CCSc4cccs4)CC3)c2c1. The Morgan fingerprint density at radius 2 is 2.09 bits per heavy atom. The molecule has 0 atom stereocenters. The van der Waals surface area contributed by atoms with Gasteiger partial charge in [-0.05, 0) is 80.4 Å². The first-order valence-corrected chi connectivity index (χ1v) is 14.0. The number of ether oxygens (including phenoxy) is 1. The van der Waals surface area contributed by atoms with E-state index in [9.17, 15) is 9.90 Å². The Kier molecular flexibility index (Phi) is 8.57. The number of aryl methyl sites for hydroxylation is 1. The minimum Gasteiger partial charge on any atom is -0.497 e. The molecule has 3 heterocycles. The summed E-state index contributed by atoms with van der Waals surface area (Å²) >= 11 is 3.67. The van der Waals surface area contributed by atoms with E-state index in [-0.39, 0.29) is 0 Å². The molecular formula is C27H35N3O3S2. The number of benzene rings is 1. The third-order valence-electron chi connectivity index (χ3n) is 7.14. The highest BCUT2D eigenvalue weighted by Crippen LogP contribution is 2.38. The number of thioether (sulfide) groups is 1. The first-order chi connectivity index (χ1) is 16.9. The van der Waals surface area contributed by atoms with E-state index in [1.807, 2.05) is 50.3 Å². The van der Waals surface area contributed by atoms with Crippen LogP contribution in [0.25, 0.3) is 10.9 Å². The van der Waals surface area contributed by atoms with Crippen molar-refractivity contribution in [1.82, 2.24) is 9.88 Å². The quantitative estimate of drug-likeness (QED) is 0.332. The van der Waals surface area contributed by atoms with Gasteiger partial charge in [0.25, 0.3) is 0 Å². The summed E-state index contributed by atoms with van der Waals surface area (Å²) < 4.78 is 6.81. The van der Waals surface area contributed by atoms with E-state index in [1.165, 1.54) is 9.77 Å². The molecular weight excluding hydrogens is 478 g/mol. The fraction of sp³-hybridized carbons (Fsp3) is 0.481. The zero-order valence-electron chi connectivity index (χ0n) is 20.8. The first kappa shape index (κ1) is 25.8. The molecule has 0 saturated carbocycles. The highest BCUT2D eigenvalue weighted by atomic mass is 32.2. The number of piperidine rings is 1. The van der Waals surface area contributed by atoms with Crippen LogP contribution in [-0.4, -0.2) is 67.6 Å². The minimum absolute atomic E-state index is 0.629. The van der Waals surface area contributed by atoms with Crippen LogP contribution in [0, 0.1) is 5.41 Å². The molecule has 1 fully saturated rings. The van der Waals surface area contributed by atoms with Gasteiger partial charge in [0.2, 0.25) is 0 Å². The summed E-state index contributed by atoms with van der Waals surface area (Å²) in [7, 11) is 5.73. The number of rotatable bonds is 11. The van der Waals surface area contributed by atoms with Crippen molar-refractivity contribution in [3.05, 3.63) is 47.5 Å². The van der Waals surface area contributed by atoms with Crippen molar-refractivity contribution in [2.75, 3.05) is 51.5 Å². The van der Waals surface area contributed by atoms with Gasteiger partial charge in [-0.2, -0.15) is 0 Å². The average molecular weight is 514 g/mol. The molecule has 4 rings (SSSR count). The molecule has 8 heteroatoms. The van der Waals surface area contributed by atoms with Crippen LogP contribution in [0.2, 0.25) is 0 Å². The largest absolute Gasteiger partial charge is 0.497 e. The summed E-state index contributed by atoms with van der Waals surface area (Å²) in [6.45, 7) is 2.72. The number of nitrogens with zero attached hydrogens (tertiary/aromatic N) is 3. The maximum atomic E-state index is 12.4. The number of thiophene rings is 1. The number of likely N-dealkylation sites (tertiary alicyclic amines) is 1. The van der Waals surface area contributed by atoms with Gasteiger partial charge in [0.05, 0.1) is 34.1 Å². The Labute approximate surface area is 216 Å². The molecule has 1 aliphatic rings. The molecule has 0 radical (unpaired) electrons. The topological polar surface area (TPSA) is 65.9 Å². The van der Waals surface area contributed by atoms with E-state index >= 15 is 0 Å². The van der Waals surface area contributed by atoms with Crippen LogP contribution < -0.4 is 9.64 Å². The lowest BCUT2D eigenvalue weighted by Gasteiger charge is -2.39. The van der Waals surface area contributed by atoms with Crippen molar-refractivity contribution in [1.29, 1.82) is 0 Å². The molecule has 0 amide bonds. The molecule has 1 aliphatic heterocycles. The van der Waals surface area contributed by atoms with E-state index in [1.54, 1.807) is 18.4 Å². The number of aromatic nitrogens is 1. The third-order valence-corrected chi connectivity index (χ3v) is 9.25. The van der Waals surface area contributed by atoms with E-state index in [0.29, 0.717) is 6.42 Å². The predicted molar refractivity (Wildman–Crippen MR) is 146 cm³/mol. The van der Waals surface area contributed by atoms with Gasteiger partial charge in [0, 0.05) is 31.8 Å². The Bertz CT molecular complexity index is 1130. The lowest BCUT2D eigenvalue weighted by atomic mass is 9.74. The smallest absolute Gasteiger partial charge is 0.309 e. The molecule has 188 valence electrons. The highest BCUT2D eigenvalue weighted by molar-refractivity contribution is 8.01. The van der Waals surface area contributed by atoms with Crippen LogP contribution in [0.3, 0.4) is 0 Å². The molecule has 3 aromatic rings. The van der Waals surface area contributed by atoms with E-state index in [4.69, 9.17) is 4.74 Å². The number of aliphatic carboxylic acids is 1. The summed E-state index contributed by atoms with van der Waals surface area (Å²) in [5, 5.41) is 13.4. The number of carbonyl (C=O) groups is 1. The van der Waals surface area contributed by atoms with Crippen molar-refractivity contribution in [2.45, 2.75) is 36.3 Å². The van der Waals surface area contributed by atoms with Crippen molar-refractivity contribution in [3.8, 4) is 5.75 Å². The Morgan fingerprint density at radius 3 is 2.74 bits per heavy atom. The zero-order chi connectivity index (χ0) is 24.8. The summed E-state index contributed by atoms with van der Waals surface area (Å²) in [6.07, 6.45) is 5.70. The number of hydrogen-bond acceptors (Lipinski definition) is 7. The molecule has 0 aliphatic carbocycles. The maximum absolute atomic E-state index is 12.4. The van der Waals surface area contributed by atoms with Gasteiger partial charge in [-0.1, -0.05) is 6.07 Å². The van der Waals surface area contributed by atoms with E-state index in [0.717, 1.165) is 73.4 Å². The fourth-order valence-electron chi connectivity index (χ4n) is 4.99. The van der Waals surface area contributed by atoms with E-state index < -0.39 is 11.4 Å². The van der Waals surface area contributed by atoms with Crippen LogP contribution in [0.15, 0.2) is 46.1 Å². The number of methoxy groups -OCH3 is 1. The molecule has 1 N–H and O–H groups in total. The van der Waals surface area contributed by atoms with Crippen LogP contribution in [0.5, 0.6) is 5.75 Å². The van der Waals surface area contributed by atoms with Gasteiger partial charge < -0.3 is 19.6 Å². The van der Waals surface area contributed by atoms with Crippen molar-refractivity contribution in [3.63, 3.8) is 0 Å². The number of fused-ring (bicyclic) bond motifs is 1. The van der Waals surface area contributed by atoms with Gasteiger partial charge in [0.1, 0.15) is 5.75 Å². The van der Waals surface area contributed by atoms with Crippen LogP contribution >= 0.6 is 23.1 Å². The Morgan fingerprint density at radius 1 is 1.29 bits per heavy atom. The molecule has 1 saturated heterocycles. The summed E-state index contributed by atoms with van der Waals surface area (Å²) in [6, 6.07) is 10.2. The summed E-state index contributed by atoms with van der Waals surface area (Å²) in [4.78, 5) is 21.5. The monoisotopic (exact) mass is 513 g/mol. The van der Waals surface area contributed by atoms with Crippen LogP contribution in [0.1, 0.15) is 31.2 Å². The number of hydrogen-bond donors (Lipinski definition) is 1. The molecule has 0 unspecified atom stereocenters. The second kappa shape index (κ2) is 11.6. The fourth-order valence-corrected chi connectivity index (χ4v) is 6.85. The Hall–Kier alpha value is -2.29. The number of anilines is 1. The second-order valence-corrected chi connectivity index (χ2v) is 11.8. The molecule has 0 spiro atoms. The normalized spacial score (nSPS) is 15.9. The van der Waals surface area contributed by atoms with Gasteiger partial charge in [-0.3, -0.25) is 9.78 Å². The first-order valence-electron chi connectivity index (χ1n) is 12.2. The van der Waals surface area contributed by atoms with E-state index in [2.05, 4.69) is 32.3 Å². The van der Waals surface area contributed by atoms with Crippen molar-refractivity contribution in [2.24, 2.45) is 5.41 Å². The number of carboxylic acids is 1. The molecule has 35 heavy (non-hydrogen) atoms. The van der Waals surface area contributed by atoms with Crippen molar-refractivity contribution >= 4 is 45.7 Å².